The summed E-state index contributed by atoms with van der Waals surface area (Å²) in [6, 6.07) is 0. The maximum Gasteiger partial charge on any atom is 0.0926 e. The van der Waals surface area contributed by atoms with Crippen molar-refractivity contribution in [3.8, 4) is 0 Å². The Morgan fingerprint density at radius 3 is 2.75 bits per heavy atom. The second-order valence-corrected chi connectivity index (χ2v) is 4.12. The van der Waals surface area contributed by atoms with E-state index in [0.29, 0.717) is 0 Å². The van der Waals surface area contributed by atoms with Crippen LogP contribution in [0.15, 0.2) is 11.2 Å². The van der Waals surface area contributed by atoms with Gasteiger partial charge in [0.25, 0.3) is 0 Å². The van der Waals surface area contributed by atoms with E-state index in [0.717, 1.165) is 12.2 Å². The van der Waals surface area contributed by atoms with Gasteiger partial charge in [0.2, 0.25) is 0 Å². The van der Waals surface area contributed by atoms with Crippen molar-refractivity contribution in [2.45, 2.75) is 32.9 Å². The van der Waals surface area contributed by atoms with Gasteiger partial charge in [0, 0.05) is 18.0 Å². The van der Waals surface area contributed by atoms with E-state index < -0.39 is 0 Å². The normalized spacial score (nSPS) is 15.2. The number of aliphatic imine (C=N–C) groups is 1. The molecule has 0 radical (unpaired) electrons. The summed E-state index contributed by atoms with van der Waals surface area (Å²) in [5.41, 5.74) is 2.35. The smallest absolute Gasteiger partial charge is 0.0926 e. The highest BCUT2D eigenvalue weighted by atomic mass is 15.3. The molecule has 0 fully saturated rings. The van der Waals surface area contributed by atoms with E-state index >= 15 is 0 Å². The minimum absolute atomic E-state index is 0.0815. The lowest BCUT2D eigenvalue weighted by atomic mass is 10.1. The first-order chi connectivity index (χ1) is 5.57. The van der Waals surface area contributed by atoms with Gasteiger partial charge in [-0.25, -0.2) is 0 Å². The van der Waals surface area contributed by atoms with Crippen molar-refractivity contribution in [3.63, 3.8) is 0 Å². The van der Waals surface area contributed by atoms with Gasteiger partial charge in [0.1, 0.15) is 0 Å². The lowest BCUT2D eigenvalue weighted by Crippen LogP contribution is -2.22. The Bertz CT molecular complexity index is 328. The Kier molecular flexibility index (Phi) is 1.37. The van der Waals surface area contributed by atoms with Crippen molar-refractivity contribution in [2.75, 3.05) is 0 Å². The van der Waals surface area contributed by atoms with Crippen LogP contribution in [0.4, 0.5) is 0 Å². The molecule has 12 heavy (non-hydrogen) atoms. The van der Waals surface area contributed by atoms with Crippen LogP contribution in [0.1, 0.15) is 32.0 Å². The minimum atomic E-state index is 0.0815. The number of hydrogen-bond acceptors (Lipinski definition) is 2. The summed E-state index contributed by atoms with van der Waals surface area (Å²) in [5.74, 6) is 0. The number of hydrogen-bond donors (Lipinski definition) is 0. The van der Waals surface area contributed by atoms with Gasteiger partial charge in [-0.2, -0.15) is 5.10 Å². The first-order valence-corrected chi connectivity index (χ1v) is 4.16. The molecule has 2 heterocycles. The van der Waals surface area contributed by atoms with E-state index in [2.05, 4.69) is 37.1 Å². The summed E-state index contributed by atoms with van der Waals surface area (Å²) >= 11 is 0. The molecule has 1 aromatic rings. The van der Waals surface area contributed by atoms with Crippen LogP contribution in [0.25, 0.3) is 0 Å². The molecule has 1 aliphatic heterocycles. The average Bonchev–Trinajstić information content (AvgIpc) is 2.37. The zero-order valence-electron chi connectivity index (χ0n) is 7.70. The van der Waals surface area contributed by atoms with Crippen LogP contribution in [-0.2, 0) is 12.1 Å². The Morgan fingerprint density at radius 2 is 2.17 bits per heavy atom. The molecule has 0 atom stereocenters. The highest BCUT2D eigenvalue weighted by molar-refractivity contribution is 5.83. The summed E-state index contributed by atoms with van der Waals surface area (Å²) in [6.45, 7) is 7.18. The zero-order valence-corrected chi connectivity index (χ0v) is 7.70. The maximum absolute atomic E-state index is 4.45. The molecule has 0 amide bonds. The highest BCUT2D eigenvalue weighted by Gasteiger charge is 2.18. The molecule has 0 bridgehead atoms. The fourth-order valence-electron chi connectivity index (χ4n) is 1.23. The van der Waals surface area contributed by atoms with Crippen molar-refractivity contribution in [1.29, 1.82) is 0 Å². The molecular formula is C9H13N3. The fourth-order valence-corrected chi connectivity index (χ4v) is 1.23. The monoisotopic (exact) mass is 163 g/mol. The highest BCUT2D eigenvalue weighted by Crippen LogP contribution is 2.18. The van der Waals surface area contributed by atoms with Crippen LogP contribution in [0, 0.1) is 0 Å². The Hall–Kier alpha value is -1.12. The molecule has 0 unspecified atom stereocenters. The summed E-state index contributed by atoms with van der Waals surface area (Å²) in [6.07, 6.45) is 3.95. The molecule has 2 rings (SSSR count). The predicted molar refractivity (Wildman–Crippen MR) is 48.5 cm³/mol. The van der Waals surface area contributed by atoms with Gasteiger partial charge < -0.3 is 0 Å². The quantitative estimate of drug-likeness (QED) is 0.571. The van der Waals surface area contributed by atoms with Gasteiger partial charge in [-0.15, -0.1) is 0 Å². The number of aromatic nitrogens is 2. The molecule has 0 spiro atoms. The zero-order chi connectivity index (χ0) is 8.77. The van der Waals surface area contributed by atoms with Gasteiger partial charge in [-0.3, -0.25) is 9.67 Å². The standard InChI is InChI=1S/C9H13N3/c1-9(2,3)12-6-7-4-10-5-8(7)11-12/h4,6H,5H2,1-3H3. The molecule has 0 aliphatic carbocycles. The number of nitrogens with zero attached hydrogens (tertiary/aromatic N) is 3. The number of fused-ring (bicyclic) bond motifs is 1. The third-order valence-electron chi connectivity index (χ3n) is 1.98. The molecule has 0 saturated heterocycles. The SMILES string of the molecule is CC(C)(C)n1cc2c(n1)CN=C2. The third-order valence-corrected chi connectivity index (χ3v) is 1.98. The first kappa shape index (κ1) is 7.53. The number of rotatable bonds is 0. The molecule has 3 nitrogen and oxygen atoms in total. The topological polar surface area (TPSA) is 30.2 Å². The van der Waals surface area contributed by atoms with Crippen molar-refractivity contribution in [1.82, 2.24) is 9.78 Å². The van der Waals surface area contributed by atoms with Crippen LogP contribution in [-0.4, -0.2) is 16.0 Å². The van der Waals surface area contributed by atoms with E-state index in [-0.39, 0.29) is 5.54 Å². The molecular weight excluding hydrogens is 150 g/mol. The summed E-state index contributed by atoms with van der Waals surface area (Å²) in [5, 5.41) is 4.45. The maximum atomic E-state index is 4.45. The Labute approximate surface area is 72.1 Å². The molecule has 0 aromatic carbocycles. The molecule has 0 N–H and O–H groups in total. The average molecular weight is 163 g/mol. The van der Waals surface area contributed by atoms with Crippen LogP contribution in [0.2, 0.25) is 0 Å². The van der Waals surface area contributed by atoms with Crippen LogP contribution < -0.4 is 0 Å². The summed E-state index contributed by atoms with van der Waals surface area (Å²) in [4.78, 5) is 4.13. The van der Waals surface area contributed by atoms with E-state index in [4.69, 9.17) is 0 Å². The van der Waals surface area contributed by atoms with E-state index in [1.807, 2.05) is 10.9 Å². The van der Waals surface area contributed by atoms with Crippen LogP contribution in [0.5, 0.6) is 0 Å². The first-order valence-electron chi connectivity index (χ1n) is 4.16. The summed E-state index contributed by atoms with van der Waals surface area (Å²) in [7, 11) is 0. The largest absolute Gasteiger partial charge is 0.286 e. The van der Waals surface area contributed by atoms with Crippen LogP contribution >= 0.6 is 0 Å². The van der Waals surface area contributed by atoms with E-state index in [9.17, 15) is 0 Å². The minimum Gasteiger partial charge on any atom is -0.286 e. The van der Waals surface area contributed by atoms with Gasteiger partial charge in [0.05, 0.1) is 17.8 Å². The fraction of sp³-hybridized carbons (Fsp3) is 0.556. The Morgan fingerprint density at radius 1 is 1.42 bits per heavy atom. The molecule has 0 saturated carbocycles. The molecule has 1 aromatic heterocycles. The van der Waals surface area contributed by atoms with Gasteiger partial charge in [-0.05, 0) is 20.8 Å². The second-order valence-electron chi connectivity index (χ2n) is 4.12. The van der Waals surface area contributed by atoms with Crippen molar-refractivity contribution >= 4 is 6.21 Å². The lowest BCUT2D eigenvalue weighted by molar-refractivity contribution is 0.353. The van der Waals surface area contributed by atoms with E-state index in [1.54, 1.807) is 0 Å². The predicted octanol–water partition coefficient (Wildman–Crippen LogP) is 1.57. The van der Waals surface area contributed by atoms with Crippen LogP contribution in [0.3, 0.4) is 0 Å². The second kappa shape index (κ2) is 2.19. The van der Waals surface area contributed by atoms with Crippen molar-refractivity contribution < 1.29 is 0 Å². The molecule has 1 aliphatic rings. The van der Waals surface area contributed by atoms with Crippen molar-refractivity contribution in [2.24, 2.45) is 4.99 Å². The van der Waals surface area contributed by atoms with Gasteiger partial charge in [-0.1, -0.05) is 0 Å². The van der Waals surface area contributed by atoms with Crippen molar-refractivity contribution in [3.05, 3.63) is 17.5 Å². The third kappa shape index (κ3) is 1.05. The summed E-state index contributed by atoms with van der Waals surface area (Å²) < 4.78 is 2.00. The lowest BCUT2D eigenvalue weighted by Gasteiger charge is -2.18. The van der Waals surface area contributed by atoms with E-state index in [1.165, 1.54) is 5.56 Å². The molecule has 3 heteroatoms. The molecule has 64 valence electrons. The Balaban J connectivity index is 2.43. The van der Waals surface area contributed by atoms with Gasteiger partial charge in [0.15, 0.2) is 0 Å². The van der Waals surface area contributed by atoms with Gasteiger partial charge >= 0.3 is 0 Å².